The van der Waals surface area contributed by atoms with Gasteiger partial charge in [-0.25, -0.2) is 4.98 Å². The molecule has 6 nitrogen and oxygen atoms in total. The first kappa shape index (κ1) is 25.4. The van der Waals surface area contributed by atoms with E-state index in [2.05, 4.69) is 0 Å². The summed E-state index contributed by atoms with van der Waals surface area (Å²) < 4.78 is 50.3. The van der Waals surface area contributed by atoms with Gasteiger partial charge in [0, 0.05) is 42.8 Å². The first-order valence-corrected chi connectivity index (χ1v) is 12.1. The molecule has 0 unspecified atom stereocenters. The fourth-order valence-corrected chi connectivity index (χ4v) is 4.71. The molecule has 38 heavy (non-hydrogen) atoms. The van der Waals surface area contributed by atoms with Crippen molar-refractivity contribution in [3.63, 3.8) is 0 Å². The van der Waals surface area contributed by atoms with Crippen LogP contribution < -0.4 is 14.4 Å². The predicted octanol–water partition coefficient (Wildman–Crippen LogP) is 5.90. The number of para-hydroxylation sites is 1. The number of aromatic nitrogens is 1. The summed E-state index contributed by atoms with van der Waals surface area (Å²) in [7, 11) is 3.12. The van der Waals surface area contributed by atoms with Crippen molar-refractivity contribution < 1.29 is 27.4 Å². The van der Waals surface area contributed by atoms with E-state index in [1.807, 2.05) is 41.3 Å². The highest BCUT2D eigenvalue weighted by Crippen LogP contribution is 2.34. The molecule has 0 spiro atoms. The van der Waals surface area contributed by atoms with Crippen LogP contribution in [-0.4, -0.2) is 56.2 Å². The van der Waals surface area contributed by atoms with E-state index in [0.717, 1.165) is 23.1 Å². The number of fused-ring (bicyclic) bond motifs is 1. The van der Waals surface area contributed by atoms with Crippen molar-refractivity contribution in [1.29, 1.82) is 0 Å². The summed E-state index contributed by atoms with van der Waals surface area (Å²) >= 11 is 0. The van der Waals surface area contributed by atoms with Gasteiger partial charge >= 0.3 is 6.18 Å². The molecule has 0 bridgehead atoms. The van der Waals surface area contributed by atoms with Gasteiger partial charge in [-0.2, -0.15) is 13.2 Å². The summed E-state index contributed by atoms with van der Waals surface area (Å²) in [6.45, 7) is 1.63. The molecule has 0 radical (unpaired) electrons. The van der Waals surface area contributed by atoms with Crippen LogP contribution >= 0.6 is 0 Å². The number of carbonyl (C=O) groups excluding carboxylic acids is 1. The van der Waals surface area contributed by atoms with Crippen LogP contribution in [0, 0.1) is 0 Å². The molecule has 3 aromatic carbocycles. The normalized spacial score (nSPS) is 14.0. The third-order valence-corrected chi connectivity index (χ3v) is 6.73. The van der Waals surface area contributed by atoms with Gasteiger partial charge in [-0.1, -0.05) is 24.3 Å². The Labute approximate surface area is 218 Å². The average Bonchev–Trinajstić information content (AvgIpc) is 2.95. The highest BCUT2D eigenvalue weighted by atomic mass is 19.4. The zero-order chi connectivity index (χ0) is 26.9. The lowest BCUT2D eigenvalue weighted by Crippen LogP contribution is -2.48. The number of hydrogen-bond acceptors (Lipinski definition) is 5. The molecule has 1 amide bonds. The molecule has 0 saturated carbocycles. The molecule has 196 valence electrons. The van der Waals surface area contributed by atoms with Gasteiger partial charge in [-0.15, -0.1) is 0 Å². The van der Waals surface area contributed by atoms with Gasteiger partial charge in [0.2, 0.25) is 0 Å². The van der Waals surface area contributed by atoms with Crippen LogP contribution in [0.25, 0.3) is 22.2 Å². The summed E-state index contributed by atoms with van der Waals surface area (Å²) in [5.41, 5.74) is 2.42. The minimum Gasteiger partial charge on any atom is -0.493 e. The molecule has 4 aromatic rings. The van der Waals surface area contributed by atoms with Gasteiger partial charge in [0.15, 0.2) is 11.5 Å². The van der Waals surface area contributed by atoms with Crippen molar-refractivity contribution in [2.24, 2.45) is 0 Å². The minimum absolute atomic E-state index is 0.144. The maximum absolute atomic E-state index is 13.7. The number of rotatable bonds is 5. The summed E-state index contributed by atoms with van der Waals surface area (Å²) in [5.74, 6) is 1.000. The number of alkyl halides is 3. The van der Waals surface area contributed by atoms with E-state index >= 15 is 0 Å². The number of carbonyl (C=O) groups is 1. The third kappa shape index (κ3) is 4.96. The van der Waals surface area contributed by atoms with Gasteiger partial charge in [0.25, 0.3) is 5.91 Å². The van der Waals surface area contributed by atoms with Crippen LogP contribution in [0.4, 0.5) is 18.9 Å². The van der Waals surface area contributed by atoms with Gasteiger partial charge in [0.05, 0.1) is 36.6 Å². The lowest BCUT2D eigenvalue weighted by atomic mass is 10.0. The Morgan fingerprint density at radius 2 is 1.58 bits per heavy atom. The zero-order valence-corrected chi connectivity index (χ0v) is 21.0. The van der Waals surface area contributed by atoms with Crippen LogP contribution in [-0.2, 0) is 6.18 Å². The fourth-order valence-electron chi connectivity index (χ4n) is 4.71. The number of hydrogen-bond donors (Lipinski definition) is 0. The van der Waals surface area contributed by atoms with Crippen molar-refractivity contribution >= 4 is 22.5 Å². The Kier molecular flexibility index (Phi) is 6.84. The van der Waals surface area contributed by atoms with E-state index in [9.17, 15) is 18.0 Å². The van der Waals surface area contributed by atoms with E-state index in [4.69, 9.17) is 14.5 Å². The van der Waals surface area contributed by atoms with Crippen molar-refractivity contribution in [3.8, 4) is 22.8 Å². The Morgan fingerprint density at radius 3 is 2.29 bits per heavy atom. The number of methoxy groups -OCH3 is 2. The Hall–Kier alpha value is -4.27. The van der Waals surface area contributed by atoms with E-state index in [1.165, 1.54) is 6.07 Å². The Morgan fingerprint density at radius 1 is 0.842 bits per heavy atom. The average molecular weight is 522 g/mol. The monoisotopic (exact) mass is 521 g/mol. The topological polar surface area (TPSA) is 54.9 Å². The number of ether oxygens (including phenoxy) is 2. The lowest BCUT2D eigenvalue weighted by molar-refractivity contribution is -0.137. The molecule has 0 atom stereocenters. The van der Waals surface area contributed by atoms with Crippen LogP contribution in [0.2, 0.25) is 0 Å². The quantitative estimate of drug-likeness (QED) is 0.327. The predicted molar refractivity (Wildman–Crippen MR) is 140 cm³/mol. The molecular formula is C29H26F3N3O3. The Bertz CT molecular complexity index is 1480. The molecule has 5 rings (SSSR count). The summed E-state index contributed by atoms with van der Waals surface area (Å²) in [6, 6.07) is 20.0. The highest BCUT2D eigenvalue weighted by Gasteiger charge is 2.31. The number of halogens is 3. The molecule has 0 N–H and O–H groups in total. The largest absolute Gasteiger partial charge is 0.493 e. The molecule has 9 heteroatoms. The number of nitrogens with zero attached hydrogens (tertiary/aromatic N) is 3. The van der Waals surface area contributed by atoms with E-state index in [0.29, 0.717) is 60.1 Å². The van der Waals surface area contributed by atoms with Crippen molar-refractivity contribution in [2.75, 3.05) is 45.3 Å². The van der Waals surface area contributed by atoms with E-state index < -0.39 is 11.7 Å². The third-order valence-electron chi connectivity index (χ3n) is 6.73. The van der Waals surface area contributed by atoms with Crippen LogP contribution in [0.3, 0.4) is 0 Å². The van der Waals surface area contributed by atoms with Crippen LogP contribution in [0.5, 0.6) is 11.5 Å². The van der Waals surface area contributed by atoms with Gasteiger partial charge in [-0.05, 0) is 48.5 Å². The number of anilines is 1. The van der Waals surface area contributed by atoms with Gasteiger partial charge in [-0.3, -0.25) is 4.79 Å². The second kappa shape index (κ2) is 10.2. The molecular weight excluding hydrogens is 495 g/mol. The smallest absolute Gasteiger partial charge is 0.416 e. The maximum atomic E-state index is 13.7. The molecule has 1 fully saturated rings. The van der Waals surface area contributed by atoms with Gasteiger partial charge in [0.1, 0.15) is 0 Å². The Balaban J connectivity index is 1.42. The second-order valence-corrected chi connectivity index (χ2v) is 8.97. The molecule has 1 aromatic heterocycles. The SMILES string of the molecule is COc1ccc(-c2cc(C(=O)N3CCN(c4cccc(C(F)(F)F)c4)CC3)c3ccccc3n2)cc1OC. The van der Waals surface area contributed by atoms with E-state index in [1.54, 1.807) is 37.3 Å². The standard InChI is InChI=1S/C29H26F3N3O3/c1-37-26-11-10-19(16-27(26)38-2)25-18-23(22-8-3-4-9-24(22)33-25)28(36)35-14-12-34(13-15-35)21-7-5-6-20(17-21)29(30,31)32/h3-11,16-18H,12-15H2,1-2H3. The summed E-state index contributed by atoms with van der Waals surface area (Å²) in [5, 5.41) is 0.738. The zero-order valence-electron chi connectivity index (χ0n) is 21.0. The molecule has 1 aliphatic rings. The lowest BCUT2D eigenvalue weighted by Gasteiger charge is -2.36. The number of amides is 1. The van der Waals surface area contributed by atoms with Crippen LogP contribution in [0.15, 0.2) is 72.8 Å². The second-order valence-electron chi connectivity index (χ2n) is 8.97. The first-order valence-electron chi connectivity index (χ1n) is 12.1. The van der Waals surface area contributed by atoms with Crippen molar-refractivity contribution in [2.45, 2.75) is 6.18 Å². The first-order chi connectivity index (χ1) is 18.3. The molecule has 1 aliphatic heterocycles. The van der Waals surface area contributed by atoms with E-state index in [-0.39, 0.29) is 5.91 Å². The van der Waals surface area contributed by atoms with Crippen molar-refractivity contribution in [3.05, 3.63) is 83.9 Å². The highest BCUT2D eigenvalue weighted by molar-refractivity contribution is 6.07. The number of pyridine rings is 1. The van der Waals surface area contributed by atoms with Crippen molar-refractivity contribution in [1.82, 2.24) is 9.88 Å². The van der Waals surface area contributed by atoms with Gasteiger partial charge < -0.3 is 19.3 Å². The summed E-state index contributed by atoms with van der Waals surface area (Å²) in [6.07, 6.45) is -4.40. The maximum Gasteiger partial charge on any atom is 0.416 e. The molecule has 1 saturated heterocycles. The number of benzene rings is 3. The minimum atomic E-state index is -4.40. The number of piperazine rings is 1. The summed E-state index contributed by atoms with van der Waals surface area (Å²) in [4.78, 5) is 22.1. The fraction of sp³-hybridized carbons (Fsp3) is 0.241. The molecule has 2 heterocycles. The molecule has 0 aliphatic carbocycles. The van der Waals surface area contributed by atoms with Crippen LogP contribution in [0.1, 0.15) is 15.9 Å².